The minimum Gasteiger partial charge on any atom is -0.409 e. The molecule has 0 saturated heterocycles. The lowest BCUT2D eigenvalue weighted by Crippen LogP contribution is -1.77. The molecule has 0 aliphatic rings. The van der Waals surface area contributed by atoms with Crippen LogP contribution in [0.5, 0.6) is 0 Å². The maximum Gasteiger partial charge on any atom is 0.285 e. The molecule has 0 N–H and O–H groups in total. The predicted molar refractivity (Wildman–Crippen MR) is 50.8 cm³/mol. The van der Waals surface area contributed by atoms with Crippen LogP contribution in [0, 0.1) is 0 Å². The number of thiazole rings is 1. The Bertz CT molecular complexity index is 399. The number of rotatable bonds is 1. The molecule has 0 saturated carbocycles. The van der Waals surface area contributed by atoms with Gasteiger partial charge in [0.1, 0.15) is 3.79 Å². The first kappa shape index (κ1) is 8.33. The summed E-state index contributed by atoms with van der Waals surface area (Å²) in [5.74, 6) is 0.412. The van der Waals surface area contributed by atoms with E-state index in [9.17, 15) is 0 Å². The third-order valence-corrected chi connectivity index (χ3v) is 2.99. The van der Waals surface area contributed by atoms with Crippen LogP contribution in [0.2, 0.25) is 0 Å². The van der Waals surface area contributed by atoms with Crippen molar-refractivity contribution in [2.75, 3.05) is 0 Å². The number of hydrogen-bond donors (Lipinski definition) is 0. The van der Waals surface area contributed by atoms with Gasteiger partial charge in [-0.2, -0.15) is 0 Å². The van der Waals surface area contributed by atoms with E-state index in [1.165, 1.54) is 11.3 Å². The molecule has 0 fully saturated rings. The summed E-state index contributed by atoms with van der Waals surface area (Å²) in [5, 5.41) is 7.43. The Balaban J connectivity index is 2.50. The minimum absolute atomic E-state index is 0.359. The molecule has 2 aromatic rings. The van der Waals surface area contributed by atoms with Crippen molar-refractivity contribution in [3.05, 3.63) is 14.1 Å². The van der Waals surface area contributed by atoms with E-state index in [4.69, 9.17) is 4.42 Å². The maximum absolute atomic E-state index is 5.12. The van der Waals surface area contributed by atoms with Crippen LogP contribution in [0.1, 0.15) is 0 Å². The Kier molecular flexibility index (Phi) is 2.24. The zero-order chi connectivity index (χ0) is 8.55. The lowest BCUT2D eigenvalue weighted by molar-refractivity contribution is 0.538. The molecule has 7 heteroatoms. The lowest BCUT2D eigenvalue weighted by atomic mass is 10.5. The molecule has 2 rings (SSSR count). The van der Waals surface area contributed by atoms with Crippen LogP contribution < -0.4 is 0 Å². The van der Waals surface area contributed by atoms with E-state index in [1.54, 1.807) is 5.51 Å². The largest absolute Gasteiger partial charge is 0.409 e. The second-order valence-corrected chi connectivity index (χ2v) is 4.69. The maximum atomic E-state index is 5.12. The Labute approximate surface area is 88.3 Å². The summed E-state index contributed by atoms with van der Waals surface area (Å²) in [5.41, 5.74) is 2.38. The van der Waals surface area contributed by atoms with E-state index < -0.39 is 0 Å². The Morgan fingerprint density at radius 3 is 2.67 bits per heavy atom. The zero-order valence-electron chi connectivity index (χ0n) is 5.49. The molecule has 62 valence electrons. The van der Waals surface area contributed by atoms with E-state index in [0.717, 1.165) is 3.79 Å². The third-order valence-electron chi connectivity index (χ3n) is 1.13. The molecule has 0 aliphatic heterocycles. The minimum atomic E-state index is 0.359. The van der Waals surface area contributed by atoms with E-state index in [-0.39, 0.29) is 0 Å². The van der Waals surface area contributed by atoms with E-state index >= 15 is 0 Å². The Morgan fingerprint density at radius 1 is 1.33 bits per heavy atom. The van der Waals surface area contributed by atoms with Crippen molar-refractivity contribution in [3.8, 4) is 11.6 Å². The van der Waals surface area contributed by atoms with Gasteiger partial charge in [0.15, 0.2) is 5.69 Å². The second-order valence-electron chi connectivity index (χ2n) is 1.83. The predicted octanol–water partition coefficient (Wildman–Crippen LogP) is 2.72. The number of nitrogens with zero attached hydrogens (tertiary/aromatic N) is 3. The van der Waals surface area contributed by atoms with Crippen molar-refractivity contribution in [1.82, 2.24) is 15.2 Å². The van der Waals surface area contributed by atoms with Crippen LogP contribution in [0.4, 0.5) is 0 Å². The van der Waals surface area contributed by atoms with Crippen LogP contribution in [-0.4, -0.2) is 15.2 Å². The highest BCUT2D eigenvalue weighted by atomic mass is 79.9. The average molecular weight is 311 g/mol. The summed E-state index contributed by atoms with van der Waals surface area (Å²) in [6.07, 6.45) is 0. The van der Waals surface area contributed by atoms with Gasteiger partial charge < -0.3 is 4.42 Å². The van der Waals surface area contributed by atoms with Crippen molar-refractivity contribution in [2.45, 2.75) is 0 Å². The zero-order valence-corrected chi connectivity index (χ0v) is 9.48. The van der Waals surface area contributed by atoms with Gasteiger partial charge in [-0.15, -0.1) is 21.5 Å². The van der Waals surface area contributed by atoms with Gasteiger partial charge in [-0.05, 0) is 15.9 Å². The van der Waals surface area contributed by atoms with Crippen molar-refractivity contribution >= 4 is 43.2 Å². The Morgan fingerprint density at radius 2 is 2.17 bits per heavy atom. The van der Waals surface area contributed by atoms with Gasteiger partial charge in [-0.25, -0.2) is 4.98 Å². The molecule has 12 heavy (non-hydrogen) atoms. The lowest BCUT2D eigenvalue weighted by Gasteiger charge is -1.85. The van der Waals surface area contributed by atoms with Crippen molar-refractivity contribution in [2.24, 2.45) is 0 Å². The summed E-state index contributed by atoms with van der Waals surface area (Å²) in [7, 11) is 0. The molecule has 0 unspecified atom stereocenters. The average Bonchev–Trinajstić information content (AvgIpc) is 2.58. The molecule has 0 spiro atoms. The first-order valence-corrected chi connectivity index (χ1v) is 5.32. The molecule has 0 bridgehead atoms. The topological polar surface area (TPSA) is 51.8 Å². The second kappa shape index (κ2) is 3.23. The molecule has 0 aliphatic carbocycles. The van der Waals surface area contributed by atoms with E-state index in [1.807, 2.05) is 0 Å². The number of hydrogen-bond acceptors (Lipinski definition) is 5. The highest BCUT2D eigenvalue weighted by Gasteiger charge is 2.12. The van der Waals surface area contributed by atoms with Crippen molar-refractivity contribution in [3.63, 3.8) is 0 Å². The molecular weight excluding hydrogens is 310 g/mol. The highest BCUT2D eigenvalue weighted by molar-refractivity contribution is 9.11. The fourth-order valence-electron chi connectivity index (χ4n) is 0.672. The van der Waals surface area contributed by atoms with Gasteiger partial charge in [0.05, 0.1) is 5.51 Å². The van der Waals surface area contributed by atoms with Gasteiger partial charge in [-0.1, -0.05) is 0 Å². The molecule has 2 aromatic heterocycles. The molecule has 2 heterocycles. The molecular formula is C5HBr2N3OS. The summed E-state index contributed by atoms with van der Waals surface area (Å²) in [6, 6.07) is 0. The SMILES string of the molecule is Brc1nnc(-c2ncsc2Br)o1. The molecule has 4 nitrogen and oxygen atoms in total. The Hall–Kier alpha value is -0.270. The first-order chi connectivity index (χ1) is 5.77. The van der Waals surface area contributed by atoms with Gasteiger partial charge in [0, 0.05) is 15.9 Å². The summed E-state index contributed by atoms with van der Waals surface area (Å²) in [4.78, 5) is 4.41. The molecule has 0 aromatic carbocycles. The van der Waals surface area contributed by atoms with Gasteiger partial charge in [0.25, 0.3) is 10.7 Å². The van der Waals surface area contributed by atoms with Crippen LogP contribution in [0.3, 0.4) is 0 Å². The van der Waals surface area contributed by atoms with Crippen LogP contribution >= 0.6 is 43.2 Å². The van der Waals surface area contributed by atoms with Gasteiger partial charge >= 0.3 is 0 Å². The van der Waals surface area contributed by atoms with Crippen molar-refractivity contribution in [1.29, 1.82) is 0 Å². The first-order valence-electron chi connectivity index (χ1n) is 2.86. The van der Waals surface area contributed by atoms with Crippen molar-refractivity contribution < 1.29 is 4.42 Å². The standard InChI is InChI=1S/C5HBr2N3OS/c6-3-2(8-1-12-3)4-9-10-5(7)11-4/h1H. The van der Waals surface area contributed by atoms with Gasteiger partial charge in [0.2, 0.25) is 0 Å². The number of halogens is 2. The monoisotopic (exact) mass is 309 g/mol. The summed E-state index contributed by atoms with van der Waals surface area (Å²) < 4.78 is 6.00. The highest BCUT2D eigenvalue weighted by Crippen LogP contribution is 2.29. The smallest absolute Gasteiger partial charge is 0.285 e. The van der Waals surface area contributed by atoms with E-state index in [0.29, 0.717) is 16.4 Å². The van der Waals surface area contributed by atoms with Crippen LogP contribution in [0.25, 0.3) is 11.6 Å². The fraction of sp³-hybridized carbons (Fsp3) is 0. The molecule has 0 atom stereocenters. The van der Waals surface area contributed by atoms with Crippen LogP contribution in [0.15, 0.2) is 18.5 Å². The third kappa shape index (κ3) is 1.44. The molecule has 0 radical (unpaired) electrons. The molecule has 0 amide bonds. The van der Waals surface area contributed by atoms with E-state index in [2.05, 4.69) is 47.0 Å². The fourth-order valence-corrected chi connectivity index (χ4v) is 1.93. The normalized spacial score (nSPS) is 10.5. The van der Waals surface area contributed by atoms with Gasteiger partial charge in [-0.3, -0.25) is 0 Å². The number of aromatic nitrogens is 3. The van der Waals surface area contributed by atoms with Crippen LogP contribution in [-0.2, 0) is 0 Å². The summed E-state index contributed by atoms with van der Waals surface area (Å²) in [6.45, 7) is 0. The quantitative estimate of drug-likeness (QED) is 0.812. The summed E-state index contributed by atoms with van der Waals surface area (Å²) >= 11 is 7.86.